The van der Waals surface area contributed by atoms with Gasteiger partial charge in [-0.3, -0.25) is 0 Å². The molecule has 0 fully saturated rings. The van der Waals surface area contributed by atoms with Gasteiger partial charge in [0.1, 0.15) is 0 Å². The molecule has 0 amide bonds. The van der Waals surface area contributed by atoms with Crippen molar-refractivity contribution in [3.63, 3.8) is 0 Å². The highest BCUT2D eigenvalue weighted by Crippen LogP contribution is 2.11. The number of hydrogen-bond acceptors (Lipinski definition) is 1. The Morgan fingerprint density at radius 3 is 1.94 bits per heavy atom. The molecule has 0 aliphatic heterocycles. The highest BCUT2D eigenvalue weighted by Gasteiger charge is 1.95. The Balaban J connectivity index is 2.27. The van der Waals surface area contributed by atoms with E-state index in [1.165, 1.54) is 55.4 Å². The van der Waals surface area contributed by atoms with Gasteiger partial charge in [-0.05, 0) is 55.2 Å². The van der Waals surface area contributed by atoms with Crippen molar-refractivity contribution in [1.82, 2.24) is 0 Å². The van der Waals surface area contributed by atoms with Gasteiger partial charge in [0.15, 0.2) is 0 Å². The van der Waals surface area contributed by atoms with Crippen molar-refractivity contribution < 1.29 is 0 Å². The fraction of sp³-hybridized carbons (Fsp3) is 0.600. The van der Waals surface area contributed by atoms with Gasteiger partial charge in [0.25, 0.3) is 0 Å². The molecular weight excluding hydrogens is 212 g/mol. The second-order valence-corrected chi connectivity index (χ2v) is 5.36. The standard InChI is InChI=1S/C15H24S/c1-3-4-7-14-9-11-15(12-10-14)8-5-6-13-16-2/h9-12H,3-8,13H2,1-2H3. The Morgan fingerprint density at radius 2 is 1.44 bits per heavy atom. The maximum atomic E-state index is 2.31. The lowest BCUT2D eigenvalue weighted by Gasteiger charge is -2.03. The third-order valence-electron chi connectivity index (χ3n) is 2.91. The molecule has 0 aromatic heterocycles. The first-order chi connectivity index (χ1) is 7.86. The minimum atomic E-state index is 1.24. The highest BCUT2D eigenvalue weighted by molar-refractivity contribution is 7.98. The first kappa shape index (κ1) is 13.6. The van der Waals surface area contributed by atoms with E-state index in [0.29, 0.717) is 0 Å². The predicted molar refractivity (Wildman–Crippen MR) is 76.4 cm³/mol. The van der Waals surface area contributed by atoms with E-state index in [1.807, 2.05) is 11.8 Å². The summed E-state index contributed by atoms with van der Waals surface area (Å²) in [6.07, 6.45) is 9.94. The van der Waals surface area contributed by atoms with Crippen LogP contribution >= 0.6 is 11.8 Å². The first-order valence-corrected chi connectivity index (χ1v) is 7.83. The summed E-state index contributed by atoms with van der Waals surface area (Å²) in [5.74, 6) is 1.30. The average Bonchev–Trinajstić information content (AvgIpc) is 2.33. The molecular formula is C15H24S. The zero-order valence-corrected chi connectivity index (χ0v) is 11.5. The van der Waals surface area contributed by atoms with Crippen LogP contribution in [0.3, 0.4) is 0 Å². The highest BCUT2D eigenvalue weighted by atomic mass is 32.2. The fourth-order valence-corrected chi connectivity index (χ4v) is 2.32. The van der Waals surface area contributed by atoms with Crippen LogP contribution in [0, 0.1) is 0 Å². The summed E-state index contributed by atoms with van der Waals surface area (Å²) in [6, 6.07) is 9.23. The van der Waals surface area contributed by atoms with E-state index >= 15 is 0 Å². The summed E-state index contributed by atoms with van der Waals surface area (Å²) in [6.45, 7) is 2.25. The van der Waals surface area contributed by atoms with Crippen LogP contribution in [0.5, 0.6) is 0 Å². The summed E-state index contributed by atoms with van der Waals surface area (Å²) in [5.41, 5.74) is 3.00. The van der Waals surface area contributed by atoms with E-state index in [2.05, 4.69) is 37.4 Å². The summed E-state index contributed by atoms with van der Waals surface area (Å²) >= 11 is 1.95. The van der Waals surface area contributed by atoms with Crippen LogP contribution in [-0.2, 0) is 12.8 Å². The molecule has 0 saturated carbocycles. The van der Waals surface area contributed by atoms with Crippen molar-refractivity contribution in [1.29, 1.82) is 0 Å². The van der Waals surface area contributed by atoms with Crippen molar-refractivity contribution in [2.75, 3.05) is 12.0 Å². The van der Waals surface area contributed by atoms with Gasteiger partial charge in [-0.2, -0.15) is 11.8 Å². The van der Waals surface area contributed by atoms with Gasteiger partial charge in [-0.15, -0.1) is 0 Å². The molecule has 0 unspecified atom stereocenters. The van der Waals surface area contributed by atoms with E-state index in [4.69, 9.17) is 0 Å². The van der Waals surface area contributed by atoms with Gasteiger partial charge >= 0.3 is 0 Å². The average molecular weight is 236 g/mol. The van der Waals surface area contributed by atoms with Crippen LogP contribution in [0.4, 0.5) is 0 Å². The number of rotatable bonds is 8. The molecule has 0 N–H and O–H groups in total. The molecule has 0 heterocycles. The molecule has 1 rings (SSSR count). The zero-order valence-electron chi connectivity index (χ0n) is 10.7. The monoisotopic (exact) mass is 236 g/mol. The topological polar surface area (TPSA) is 0 Å². The van der Waals surface area contributed by atoms with Crippen LogP contribution in [0.25, 0.3) is 0 Å². The van der Waals surface area contributed by atoms with E-state index < -0.39 is 0 Å². The van der Waals surface area contributed by atoms with Gasteiger partial charge in [0.2, 0.25) is 0 Å². The van der Waals surface area contributed by atoms with Gasteiger partial charge in [0, 0.05) is 0 Å². The molecule has 0 saturated heterocycles. The zero-order chi connectivity index (χ0) is 11.6. The fourth-order valence-electron chi connectivity index (χ4n) is 1.83. The molecule has 0 nitrogen and oxygen atoms in total. The molecule has 1 heteroatoms. The van der Waals surface area contributed by atoms with Gasteiger partial charge in [-0.25, -0.2) is 0 Å². The van der Waals surface area contributed by atoms with Crippen LogP contribution < -0.4 is 0 Å². The summed E-state index contributed by atoms with van der Waals surface area (Å²) in [4.78, 5) is 0. The third kappa shape index (κ3) is 5.60. The third-order valence-corrected chi connectivity index (χ3v) is 3.60. The lowest BCUT2D eigenvalue weighted by molar-refractivity contribution is 0.789. The Kier molecular flexibility index (Phi) is 7.41. The number of unbranched alkanes of at least 4 members (excludes halogenated alkanes) is 2. The van der Waals surface area contributed by atoms with Crippen molar-refractivity contribution in [2.24, 2.45) is 0 Å². The second kappa shape index (κ2) is 8.69. The van der Waals surface area contributed by atoms with Crippen LogP contribution in [0.2, 0.25) is 0 Å². The normalized spacial score (nSPS) is 10.6. The number of benzene rings is 1. The first-order valence-electron chi connectivity index (χ1n) is 6.43. The van der Waals surface area contributed by atoms with Gasteiger partial charge in [-0.1, -0.05) is 37.6 Å². The lowest BCUT2D eigenvalue weighted by Crippen LogP contribution is -1.89. The molecule has 16 heavy (non-hydrogen) atoms. The second-order valence-electron chi connectivity index (χ2n) is 4.37. The Labute approximate surface area is 105 Å². The summed E-state index contributed by atoms with van der Waals surface area (Å²) < 4.78 is 0. The van der Waals surface area contributed by atoms with Crippen molar-refractivity contribution in [2.45, 2.75) is 45.4 Å². The maximum absolute atomic E-state index is 2.31. The van der Waals surface area contributed by atoms with Crippen molar-refractivity contribution in [3.05, 3.63) is 35.4 Å². The van der Waals surface area contributed by atoms with Crippen LogP contribution in [0.1, 0.15) is 43.7 Å². The van der Waals surface area contributed by atoms with Crippen molar-refractivity contribution in [3.8, 4) is 0 Å². The van der Waals surface area contributed by atoms with Crippen molar-refractivity contribution >= 4 is 11.8 Å². The molecule has 0 radical (unpaired) electrons. The molecule has 0 bridgehead atoms. The molecule has 0 aliphatic carbocycles. The Bertz CT molecular complexity index is 263. The van der Waals surface area contributed by atoms with E-state index in [9.17, 15) is 0 Å². The maximum Gasteiger partial charge on any atom is -0.00702 e. The van der Waals surface area contributed by atoms with Gasteiger partial charge < -0.3 is 0 Å². The van der Waals surface area contributed by atoms with E-state index in [1.54, 1.807) is 0 Å². The minimum Gasteiger partial charge on any atom is -0.165 e. The predicted octanol–water partition coefficient (Wildman–Crippen LogP) is 4.71. The Hall–Kier alpha value is -0.430. The summed E-state index contributed by atoms with van der Waals surface area (Å²) in [7, 11) is 0. The number of aryl methyl sites for hydroxylation is 2. The van der Waals surface area contributed by atoms with E-state index in [0.717, 1.165) is 0 Å². The van der Waals surface area contributed by atoms with Crippen LogP contribution in [0.15, 0.2) is 24.3 Å². The Morgan fingerprint density at radius 1 is 0.875 bits per heavy atom. The van der Waals surface area contributed by atoms with Gasteiger partial charge in [0.05, 0.1) is 0 Å². The minimum absolute atomic E-state index is 1.24. The molecule has 90 valence electrons. The van der Waals surface area contributed by atoms with E-state index in [-0.39, 0.29) is 0 Å². The summed E-state index contributed by atoms with van der Waals surface area (Å²) in [5, 5.41) is 0. The van der Waals surface area contributed by atoms with Crippen LogP contribution in [-0.4, -0.2) is 12.0 Å². The lowest BCUT2D eigenvalue weighted by atomic mass is 10.0. The SMILES string of the molecule is CCCCc1ccc(CCCCSC)cc1. The quantitative estimate of drug-likeness (QED) is 0.589. The molecule has 0 spiro atoms. The number of thioether (sulfide) groups is 1. The molecule has 1 aromatic carbocycles. The number of hydrogen-bond donors (Lipinski definition) is 0. The largest absolute Gasteiger partial charge is 0.165 e. The smallest absolute Gasteiger partial charge is 0.00702 e. The molecule has 0 aliphatic rings. The molecule has 1 aromatic rings. The molecule has 0 atom stereocenters.